The molecule has 0 saturated carbocycles. The Morgan fingerprint density at radius 1 is 1.50 bits per heavy atom. The molecule has 1 saturated heterocycles. The molecule has 1 fully saturated rings. The minimum Gasteiger partial charge on any atom is -0.504 e. The number of carbonyl (C=O) groups is 2. The maximum Gasteiger partial charge on any atom is 0.326 e. The molecular weight excluding hydrogens is 394 g/mol. The van der Waals surface area contributed by atoms with E-state index in [2.05, 4.69) is 0 Å². The molecule has 1 aromatic rings. The van der Waals surface area contributed by atoms with Crippen molar-refractivity contribution in [1.29, 1.82) is 0 Å². The molecule has 0 spiro atoms. The van der Waals surface area contributed by atoms with Crippen molar-refractivity contribution in [2.45, 2.75) is 19.4 Å². The summed E-state index contributed by atoms with van der Waals surface area (Å²) < 4.78 is 5.54. The number of ether oxygens (including phenoxy) is 1. The maximum absolute atomic E-state index is 12.7. The first-order valence-electron chi connectivity index (χ1n) is 7.84. The first-order chi connectivity index (χ1) is 12.4. The van der Waals surface area contributed by atoms with Gasteiger partial charge < -0.3 is 14.9 Å². The van der Waals surface area contributed by atoms with Crippen molar-refractivity contribution in [3.63, 3.8) is 0 Å². The van der Waals surface area contributed by atoms with Gasteiger partial charge in [-0.25, -0.2) is 4.79 Å². The number of thioether (sulfide) groups is 2. The third-order valence-electron chi connectivity index (χ3n) is 3.63. The van der Waals surface area contributed by atoms with Crippen LogP contribution >= 0.6 is 35.7 Å². The van der Waals surface area contributed by atoms with Crippen LogP contribution in [0.1, 0.15) is 18.9 Å². The summed E-state index contributed by atoms with van der Waals surface area (Å²) in [5.74, 6) is -0.700. The molecule has 2 N–H and O–H groups in total. The SMILES string of the molecule is CCOc1cccc(/C=C2\SC(=S)N([C@@H](CCSC)C(=O)O)C2=O)c1O. The molecule has 26 heavy (non-hydrogen) atoms. The minimum absolute atomic E-state index is 0.0724. The largest absolute Gasteiger partial charge is 0.504 e. The molecule has 0 aromatic heterocycles. The summed E-state index contributed by atoms with van der Waals surface area (Å²) in [5.41, 5.74) is 0.410. The Balaban J connectivity index is 2.32. The van der Waals surface area contributed by atoms with Crippen LogP contribution in [-0.4, -0.2) is 56.0 Å². The van der Waals surface area contributed by atoms with E-state index >= 15 is 0 Å². The van der Waals surface area contributed by atoms with Crippen LogP contribution < -0.4 is 4.74 Å². The van der Waals surface area contributed by atoms with Gasteiger partial charge in [-0.15, -0.1) is 0 Å². The lowest BCUT2D eigenvalue weighted by Gasteiger charge is -2.22. The Morgan fingerprint density at radius 2 is 2.23 bits per heavy atom. The number of aliphatic carboxylic acids is 1. The minimum atomic E-state index is -1.09. The van der Waals surface area contributed by atoms with Crippen LogP contribution in [0.25, 0.3) is 6.08 Å². The second-order valence-corrected chi connectivity index (χ2v) is 7.98. The Kier molecular flexibility index (Phi) is 7.36. The number of phenols is 1. The van der Waals surface area contributed by atoms with E-state index in [1.165, 1.54) is 17.8 Å². The Morgan fingerprint density at radius 3 is 2.85 bits per heavy atom. The van der Waals surface area contributed by atoms with E-state index in [0.29, 0.717) is 30.1 Å². The van der Waals surface area contributed by atoms with E-state index < -0.39 is 17.9 Å². The fourth-order valence-electron chi connectivity index (χ4n) is 2.41. The number of hydrogen-bond acceptors (Lipinski definition) is 7. The zero-order chi connectivity index (χ0) is 19.3. The van der Waals surface area contributed by atoms with Gasteiger partial charge in [0.2, 0.25) is 0 Å². The van der Waals surface area contributed by atoms with Gasteiger partial charge in [-0.2, -0.15) is 11.8 Å². The second kappa shape index (κ2) is 9.29. The highest BCUT2D eigenvalue weighted by atomic mass is 32.2. The van der Waals surface area contributed by atoms with Crippen LogP contribution in [0.4, 0.5) is 0 Å². The van der Waals surface area contributed by atoms with Gasteiger partial charge in [0.15, 0.2) is 11.5 Å². The Bertz CT molecular complexity index is 750. The van der Waals surface area contributed by atoms with Crippen LogP contribution in [-0.2, 0) is 9.59 Å². The molecule has 1 aliphatic rings. The van der Waals surface area contributed by atoms with E-state index in [1.54, 1.807) is 25.1 Å². The Labute approximate surface area is 165 Å². The van der Waals surface area contributed by atoms with Crippen molar-refractivity contribution in [3.05, 3.63) is 28.7 Å². The summed E-state index contributed by atoms with van der Waals surface area (Å²) in [4.78, 5) is 25.7. The number of hydrogen-bond donors (Lipinski definition) is 2. The molecule has 0 radical (unpaired) electrons. The van der Waals surface area contributed by atoms with E-state index in [4.69, 9.17) is 17.0 Å². The molecule has 140 valence electrons. The van der Waals surface area contributed by atoms with Gasteiger partial charge in [-0.3, -0.25) is 9.69 Å². The molecule has 1 aliphatic heterocycles. The maximum atomic E-state index is 12.7. The van der Waals surface area contributed by atoms with E-state index in [-0.39, 0.29) is 15.0 Å². The molecule has 2 rings (SSSR count). The van der Waals surface area contributed by atoms with Gasteiger partial charge in [0.25, 0.3) is 5.91 Å². The smallest absolute Gasteiger partial charge is 0.326 e. The number of phenolic OH excluding ortho intramolecular Hbond substituents is 1. The molecule has 0 bridgehead atoms. The lowest BCUT2D eigenvalue weighted by molar-refractivity contribution is -0.145. The number of carboxylic acids is 1. The molecule has 1 heterocycles. The lowest BCUT2D eigenvalue weighted by Crippen LogP contribution is -2.44. The molecule has 1 atom stereocenters. The van der Waals surface area contributed by atoms with E-state index in [0.717, 1.165) is 16.7 Å². The van der Waals surface area contributed by atoms with Crippen LogP contribution in [0.5, 0.6) is 11.5 Å². The van der Waals surface area contributed by atoms with Crippen molar-refractivity contribution < 1.29 is 24.5 Å². The number of rotatable bonds is 8. The molecule has 1 aromatic carbocycles. The number of carboxylic acid groups (broad SMARTS) is 1. The van der Waals surface area contributed by atoms with Gasteiger partial charge in [-0.1, -0.05) is 36.1 Å². The number of benzene rings is 1. The standard InChI is InChI=1S/C17H19NO5S3/c1-3-23-12-6-4-5-10(14(12)19)9-13-15(20)18(17(24)26-13)11(16(21)22)7-8-25-2/h4-6,9,11,19H,3,7-8H2,1-2H3,(H,21,22)/b13-9-/t11-/m0/s1. The molecule has 0 unspecified atom stereocenters. The predicted molar refractivity (Wildman–Crippen MR) is 109 cm³/mol. The highest BCUT2D eigenvalue weighted by molar-refractivity contribution is 8.26. The summed E-state index contributed by atoms with van der Waals surface area (Å²) in [6.07, 6.45) is 3.68. The Hall–Kier alpha value is -1.71. The molecule has 1 amide bonds. The van der Waals surface area contributed by atoms with E-state index in [1.807, 2.05) is 6.26 Å². The lowest BCUT2D eigenvalue weighted by atomic mass is 10.1. The number of para-hydroxylation sites is 1. The molecular formula is C17H19NO5S3. The van der Waals surface area contributed by atoms with Crippen LogP contribution in [0.3, 0.4) is 0 Å². The normalized spacial score (nSPS) is 17.0. The summed E-state index contributed by atoms with van der Waals surface area (Å²) in [6.45, 7) is 2.20. The molecule has 6 nitrogen and oxygen atoms in total. The first-order valence-corrected chi connectivity index (χ1v) is 10.5. The summed E-state index contributed by atoms with van der Waals surface area (Å²) in [5, 5.41) is 19.7. The first kappa shape index (κ1) is 20.6. The third kappa shape index (κ3) is 4.52. The fraction of sp³-hybridized carbons (Fsp3) is 0.353. The van der Waals surface area contributed by atoms with Gasteiger partial charge >= 0.3 is 5.97 Å². The van der Waals surface area contributed by atoms with Gasteiger partial charge in [-0.05, 0) is 37.5 Å². The summed E-state index contributed by atoms with van der Waals surface area (Å²) in [6, 6.07) is 3.98. The van der Waals surface area contributed by atoms with Crippen molar-refractivity contribution >= 4 is 58.0 Å². The van der Waals surface area contributed by atoms with Gasteiger partial charge in [0.05, 0.1) is 11.5 Å². The number of nitrogens with zero attached hydrogens (tertiary/aromatic N) is 1. The zero-order valence-electron chi connectivity index (χ0n) is 14.3. The van der Waals surface area contributed by atoms with Gasteiger partial charge in [0, 0.05) is 5.56 Å². The topological polar surface area (TPSA) is 87.1 Å². The second-order valence-electron chi connectivity index (χ2n) is 5.31. The number of thiocarbonyl (C=S) groups is 1. The number of aromatic hydroxyl groups is 1. The summed E-state index contributed by atoms with van der Waals surface area (Å²) >= 11 is 7.76. The van der Waals surface area contributed by atoms with Crippen molar-refractivity contribution in [2.75, 3.05) is 18.6 Å². The van der Waals surface area contributed by atoms with Crippen LogP contribution in [0, 0.1) is 0 Å². The van der Waals surface area contributed by atoms with Crippen molar-refractivity contribution in [3.8, 4) is 11.5 Å². The third-order valence-corrected chi connectivity index (χ3v) is 5.61. The van der Waals surface area contributed by atoms with Gasteiger partial charge in [0.1, 0.15) is 10.4 Å². The average molecular weight is 414 g/mol. The highest BCUT2D eigenvalue weighted by Crippen LogP contribution is 2.38. The van der Waals surface area contributed by atoms with Crippen LogP contribution in [0.2, 0.25) is 0 Å². The van der Waals surface area contributed by atoms with Crippen molar-refractivity contribution in [2.24, 2.45) is 0 Å². The van der Waals surface area contributed by atoms with Crippen LogP contribution in [0.15, 0.2) is 23.1 Å². The quantitative estimate of drug-likeness (QED) is 0.496. The highest BCUT2D eigenvalue weighted by Gasteiger charge is 2.40. The molecule has 0 aliphatic carbocycles. The fourth-order valence-corrected chi connectivity index (χ4v) is 4.22. The number of amides is 1. The average Bonchev–Trinajstić information content (AvgIpc) is 2.86. The predicted octanol–water partition coefficient (Wildman–Crippen LogP) is 3.20. The number of carbonyl (C=O) groups excluding carboxylic acids is 1. The van der Waals surface area contributed by atoms with E-state index in [9.17, 15) is 19.8 Å². The monoisotopic (exact) mass is 413 g/mol. The zero-order valence-corrected chi connectivity index (χ0v) is 16.7. The summed E-state index contributed by atoms with van der Waals surface area (Å²) in [7, 11) is 0. The molecule has 9 heteroatoms. The van der Waals surface area contributed by atoms with Crippen molar-refractivity contribution in [1.82, 2.24) is 4.90 Å².